The zero-order valence-electron chi connectivity index (χ0n) is 8.24. The SMILES string of the molecule is O=c1cc(Cl)c2cc3ccccc3cc2o1. The van der Waals surface area contributed by atoms with Crippen LogP contribution < -0.4 is 5.63 Å². The van der Waals surface area contributed by atoms with Crippen LogP contribution in [-0.2, 0) is 0 Å². The topological polar surface area (TPSA) is 30.2 Å². The third kappa shape index (κ3) is 1.39. The van der Waals surface area contributed by atoms with Crippen LogP contribution in [0.4, 0.5) is 0 Å². The van der Waals surface area contributed by atoms with Crippen molar-refractivity contribution < 1.29 is 4.42 Å². The highest BCUT2D eigenvalue weighted by molar-refractivity contribution is 6.35. The highest BCUT2D eigenvalue weighted by atomic mass is 35.5. The summed E-state index contributed by atoms with van der Waals surface area (Å²) in [4.78, 5) is 11.2. The van der Waals surface area contributed by atoms with Crippen LogP contribution in [0.5, 0.6) is 0 Å². The summed E-state index contributed by atoms with van der Waals surface area (Å²) in [5.41, 5.74) is 0.101. The van der Waals surface area contributed by atoms with E-state index in [0.29, 0.717) is 10.6 Å². The number of benzene rings is 2. The van der Waals surface area contributed by atoms with Crippen molar-refractivity contribution in [1.82, 2.24) is 0 Å². The second kappa shape index (κ2) is 3.35. The molecule has 0 bridgehead atoms. The van der Waals surface area contributed by atoms with Crippen LogP contribution in [-0.4, -0.2) is 0 Å². The van der Waals surface area contributed by atoms with Crippen molar-refractivity contribution in [3.63, 3.8) is 0 Å². The van der Waals surface area contributed by atoms with Gasteiger partial charge in [0.25, 0.3) is 0 Å². The zero-order chi connectivity index (χ0) is 11.1. The van der Waals surface area contributed by atoms with Crippen LogP contribution in [0.15, 0.2) is 51.7 Å². The molecule has 0 atom stereocenters. The molecule has 1 heterocycles. The first-order valence-corrected chi connectivity index (χ1v) is 5.24. The summed E-state index contributed by atoms with van der Waals surface area (Å²) >= 11 is 6.00. The Labute approximate surface area is 96.1 Å². The quantitative estimate of drug-likeness (QED) is 0.436. The number of halogens is 1. The minimum atomic E-state index is -0.423. The zero-order valence-corrected chi connectivity index (χ0v) is 8.99. The molecule has 2 aromatic carbocycles. The summed E-state index contributed by atoms with van der Waals surface area (Å²) in [5.74, 6) is 0. The van der Waals surface area contributed by atoms with Gasteiger partial charge in [0.2, 0.25) is 0 Å². The average molecular weight is 231 g/mol. The van der Waals surface area contributed by atoms with Gasteiger partial charge in [0, 0.05) is 11.5 Å². The lowest BCUT2D eigenvalue weighted by Gasteiger charge is -2.01. The predicted octanol–water partition coefficient (Wildman–Crippen LogP) is 3.60. The standard InChI is InChI=1S/C13H7ClO2/c14-11-7-13(15)16-12-6-9-4-2-1-3-8(9)5-10(11)12/h1-7H. The molecule has 0 aliphatic heterocycles. The van der Waals surface area contributed by atoms with E-state index in [9.17, 15) is 4.79 Å². The van der Waals surface area contributed by atoms with Gasteiger partial charge < -0.3 is 4.42 Å². The van der Waals surface area contributed by atoms with Crippen LogP contribution in [0.2, 0.25) is 5.02 Å². The molecule has 0 amide bonds. The highest BCUT2D eigenvalue weighted by Crippen LogP contribution is 2.26. The fourth-order valence-corrected chi connectivity index (χ4v) is 2.05. The van der Waals surface area contributed by atoms with E-state index < -0.39 is 5.63 Å². The summed E-state index contributed by atoms with van der Waals surface area (Å²) in [6.45, 7) is 0. The monoisotopic (exact) mass is 230 g/mol. The molecule has 0 aliphatic rings. The number of hydrogen-bond acceptors (Lipinski definition) is 2. The molecule has 3 aromatic rings. The minimum absolute atomic E-state index is 0.423. The highest BCUT2D eigenvalue weighted by Gasteiger charge is 2.04. The molecule has 0 saturated heterocycles. The van der Waals surface area contributed by atoms with Gasteiger partial charge in [-0.1, -0.05) is 35.9 Å². The van der Waals surface area contributed by atoms with E-state index in [1.54, 1.807) is 0 Å². The fourth-order valence-electron chi connectivity index (χ4n) is 1.81. The van der Waals surface area contributed by atoms with Crippen molar-refractivity contribution in [2.24, 2.45) is 0 Å². The second-order valence-corrected chi connectivity index (χ2v) is 4.02. The van der Waals surface area contributed by atoms with Gasteiger partial charge in [-0.25, -0.2) is 4.79 Å². The Morgan fingerprint density at radius 3 is 2.44 bits per heavy atom. The molecule has 1 aromatic heterocycles. The van der Waals surface area contributed by atoms with Gasteiger partial charge in [0.15, 0.2) is 0 Å². The van der Waals surface area contributed by atoms with E-state index in [1.165, 1.54) is 6.07 Å². The van der Waals surface area contributed by atoms with Crippen LogP contribution in [0.3, 0.4) is 0 Å². The molecule has 0 radical (unpaired) electrons. The number of fused-ring (bicyclic) bond motifs is 2. The van der Waals surface area contributed by atoms with Crippen molar-refractivity contribution in [3.05, 3.63) is 57.9 Å². The number of hydrogen-bond donors (Lipinski definition) is 0. The number of rotatable bonds is 0. The van der Waals surface area contributed by atoms with Gasteiger partial charge in [0.05, 0.1) is 5.02 Å². The van der Waals surface area contributed by atoms with Crippen molar-refractivity contribution in [3.8, 4) is 0 Å². The third-order valence-electron chi connectivity index (χ3n) is 2.56. The van der Waals surface area contributed by atoms with Gasteiger partial charge in [-0.2, -0.15) is 0 Å². The fraction of sp³-hybridized carbons (Fsp3) is 0. The van der Waals surface area contributed by atoms with Gasteiger partial charge >= 0.3 is 5.63 Å². The first-order valence-electron chi connectivity index (χ1n) is 4.86. The van der Waals surface area contributed by atoms with Crippen molar-refractivity contribution in [1.29, 1.82) is 0 Å². The first-order chi connectivity index (χ1) is 7.74. The smallest absolute Gasteiger partial charge is 0.337 e. The molecular weight excluding hydrogens is 224 g/mol. The van der Waals surface area contributed by atoms with E-state index in [1.807, 2.05) is 36.4 Å². The molecule has 0 N–H and O–H groups in total. The Bertz CT molecular complexity index is 744. The summed E-state index contributed by atoms with van der Waals surface area (Å²) in [6, 6.07) is 12.9. The molecule has 0 unspecified atom stereocenters. The first kappa shape index (κ1) is 9.43. The summed E-state index contributed by atoms with van der Waals surface area (Å²) in [7, 11) is 0. The van der Waals surface area contributed by atoms with E-state index in [2.05, 4.69) is 0 Å². The second-order valence-electron chi connectivity index (χ2n) is 3.61. The Morgan fingerprint density at radius 2 is 1.69 bits per heavy atom. The molecule has 78 valence electrons. The maximum atomic E-state index is 11.2. The molecule has 0 spiro atoms. The molecule has 2 nitrogen and oxygen atoms in total. The lowest BCUT2D eigenvalue weighted by Crippen LogP contribution is -1.95. The van der Waals surface area contributed by atoms with Crippen LogP contribution in [0, 0.1) is 0 Å². The molecule has 0 aliphatic carbocycles. The minimum Gasteiger partial charge on any atom is -0.423 e. The predicted molar refractivity (Wildman–Crippen MR) is 65.0 cm³/mol. The van der Waals surface area contributed by atoms with Crippen molar-refractivity contribution in [2.75, 3.05) is 0 Å². The Balaban J connectivity index is 2.56. The molecule has 3 rings (SSSR count). The Morgan fingerprint density at radius 1 is 1.00 bits per heavy atom. The lowest BCUT2D eigenvalue weighted by molar-refractivity contribution is 0.561. The van der Waals surface area contributed by atoms with Gasteiger partial charge in [-0.15, -0.1) is 0 Å². The van der Waals surface area contributed by atoms with Gasteiger partial charge in [0.1, 0.15) is 5.58 Å². The average Bonchev–Trinajstić information content (AvgIpc) is 2.27. The maximum Gasteiger partial charge on any atom is 0.337 e. The Hall–Kier alpha value is -1.80. The molecule has 16 heavy (non-hydrogen) atoms. The van der Waals surface area contributed by atoms with Gasteiger partial charge in [-0.3, -0.25) is 0 Å². The molecule has 3 heteroatoms. The van der Waals surface area contributed by atoms with Crippen LogP contribution >= 0.6 is 11.6 Å². The Kier molecular flexibility index (Phi) is 1.98. The normalized spacial score (nSPS) is 11.1. The van der Waals surface area contributed by atoms with Crippen LogP contribution in [0.25, 0.3) is 21.7 Å². The van der Waals surface area contributed by atoms with E-state index >= 15 is 0 Å². The van der Waals surface area contributed by atoms with Crippen LogP contribution in [0.1, 0.15) is 0 Å². The summed E-state index contributed by atoms with van der Waals surface area (Å²) in [5, 5.41) is 3.29. The van der Waals surface area contributed by atoms with E-state index in [4.69, 9.17) is 16.0 Å². The molecular formula is C13H7ClO2. The maximum absolute atomic E-state index is 11.2. The van der Waals surface area contributed by atoms with E-state index in [0.717, 1.165) is 16.2 Å². The third-order valence-corrected chi connectivity index (χ3v) is 2.87. The lowest BCUT2D eigenvalue weighted by atomic mass is 10.1. The molecule has 0 fully saturated rings. The molecule has 0 saturated carbocycles. The summed E-state index contributed by atoms with van der Waals surface area (Å²) in [6.07, 6.45) is 0. The van der Waals surface area contributed by atoms with E-state index in [-0.39, 0.29) is 0 Å². The summed E-state index contributed by atoms with van der Waals surface area (Å²) < 4.78 is 5.11. The van der Waals surface area contributed by atoms with Crippen molar-refractivity contribution >= 4 is 33.3 Å². The van der Waals surface area contributed by atoms with Crippen molar-refractivity contribution in [2.45, 2.75) is 0 Å². The van der Waals surface area contributed by atoms with Gasteiger partial charge in [-0.05, 0) is 22.9 Å². The largest absolute Gasteiger partial charge is 0.423 e.